The van der Waals surface area contributed by atoms with Crippen LogP contribution in [0.2, 0.25) is 0 Å². The fourth-order valence-electron chi connectivity index (χ4n) is 5.21. The minimum Gasteiger partial charge on any atom is -0.389 e. The lowest BCUT2D eigenvalue weighted by Gasteiger charge is -2.37. The molecule has 1 aromatic carbocycles. The van der Waals surface area contributed by atoms with Gasteiger partial charge in [-0.15, -0.1) is 0 Å². The summed E-state index contributed by atoms with van der Waals surface area (Å²) in [5.41, 5.74) is 8.40. The van der Waals surface area contributed by atoms with E-state index in [4.69, 9.17) is 4.98 Å². The first-order chi connectivity index (χ1) is 16.7. The van der Waals surface area contributed by atoms with Crippen LogP contribution in [0.4, 0.5) is 5.82 Å². The number of nitrogens with zero attached hydrogens (tertiary/aromatic N) is 4. The molecule has 3 aromatic heterocycles. The Morgan fingerprint density at radius 1 is 0.886 bits per heavy atom. The number of nitrogens with one attached hydrogen (secondary N) is 1. The molecule has 2 N–H and O–H groups in total. The van der Waals surface area contributed by atoms with Crippen molar-refractivity contribution in [3.63, 3.8) is 0 Å². The Kier molecular flexibility index (Phi) is 6.11. The highest BCUT2D eigenvalue weighted by Crippen LogP contribution is 2.33. The van der Waals surface area contributed by atoms with Crippen LogP contribution in [-0.2, 0) is 0 Å². The smallest absolute Gasteiger partial charge is 0.128 e. The van der Waals surface area contributed by atoms with Crippen molar-refractivity contribution in [3.8, 4) is 22.4 Å². The van der Waals surface area contributed by atoms with Gasteiger partial charge in [-0.05, 0) is 76.1 Å². The van der Waals surface area contributed by atoms with Gasteiger partial charge in [0.2, 0.25) is 0 Å². The van der Waals surface area contributed by atoms with E-state index in [0.29, 0.717) is 6.54 Å². The maximum Gasteiger partial charge on any atom is 0.128 e. The van der Waals surface area contributed by atoms with Gasteiger partial charge in [0, 0.05) is 78.0 Å². The van der Waals surface area contributed by atoms with Crippen molar-refractivity contribution in [1.82, 2.24) is 19.9 Å². The van der Waals surface area contributed by atoms with Crippen LogP contribution in [0, 0.1) is 20.8 Å². The van der Waals surface area contributed by atoms with E-state index in [0.717, 1.165) is 65.7 Å². The molecule has 0 unspecified atom stereocenters. The van der Waals surface area contributed by atoms with Gasteiger partial charge < -0.3 is 15.0 Å². The second-order valence-electron chi connectivity index (χ2n) is 10.5. The molecule has 0 radical (unpaired) electrons. The SMILES string of the molecule is Cc1cc(-c2[nH]c3cc(-c4ccc(N5CCN(CC(C)(C)O)CC5)nc4)ccc3c2C)cc(C)n1. The van der Waals surface area contributed by atoms with Crippen LogP contribution in [-0.4, -0.2) is 63.3 Å². The van der Waals surface area contributed by atoms with Gasteiger partial charge in [-0.2, -0.15) is 0 Å². The summed E-state index contributed by atoms with van der Waals surface area (Å²) in [5, 5.41) is 11.3. The van der Waals surface area contributed by atoms with Crippen LogP contribution in [0.3, 0.4) is 0 Å². The zero-order valence-corrected chi connectivity index (χ0v) is 21.4. The molecule has 4 aromatic rings. The van der Waals surface area contributed by atoms with Crippen molar-refractivity contribution in [2.45, 2.75) is 40.2 Å². The predicted molar refractivity (Wildman–Crippen MR) is 144 cm³/mol. The first-order valence-corrected chi connectivity index (χ1v) is 12.4. The molecule has 6 heteroatoms. The number of rotatable bonds is 5. The lowest BCUT2D eigenvalue weighted by molar-refractivity contribution is 0.0344. The maximum atomic E-state index is 10.1. The number of hydrogen-bond acceptors (Lipinski definition) is 5. The highest BCUT2D eigenvalue weighted by atomic mass is 16.3. The van der Waals surface area contributed by atoms with Crippen molar-refractivity contribution < 1.29 is 5.11 Å². The monoisotopic (exact) mass is 469 g/mol. The number of pyridine rings is 2. The summed E-state index contributed by atoms with van der Waals surface area (Å²) in [6.07, 6.45) is 1.98. The second kappa shape index (κ2) is 9.10. The number of anilines is 1. The van der Waals surface area contributed by atoms with Gasteiger partial charge in [0.25, 0.3) is 0 Å². The summed E-state index contributed by atoms with van der Waals surface area (Å²) in [6, 6.07) is 15.2. The molecule has 6 nitrogen and oxygen atoms in total. The highest BCUT2D eigenvalue weighted by Gasteiger charge is 2.23. The molecular formula is C29H35N5O. The zero-order valence-electron chi connectivity index (χ0n) is 21.4. The van der Waals surface area contributed by atoms with Crippen LogP contribution >= 0.6 is 0 Å². The van der Waals surface area contributed by atoms with Crippen LogP contribution in [0.25, 0.3) is 33.3 Å². The molecule has 1 saturated heterocycles. The van der Waals surface area contributed by atoms with E-state index in [-0.39, 0.29) is 0 Å². The van der Waals surface area contributed by atoms with Crippen molar-refractivity contribution in [3.05, 3.63) is 65.6 Å². The van der Waals surface area contributed by atoms with Gasteiger partial charge in [-0.1, -0.05) is 12.1 Å². The predicted octanol–water partition coefficient (Wildman–Crippen LogP) is 5.11. The molecule has 4 heterocycles. The third-order valence-electron chi connectivity index (χ3n) is 6.82. The third-order valence-corrected chi connectivity index (χ3v) is 6.82. The lowest BCUT2D eigenvalue weighted by atomic mass is 10.0. The molecule has 5 rings (SSSR count). The van der Waals surface area contributed by atoms with E-state index in [2.05, 4.69) is 69.2 Å². The number of piperazine rings is 1. The first kappa shape index (κ1) is 23.5. The number of β-amino-alcohol motifs (C(OH)–C–C–N with tert-alkyl or cyclic N) is 1. The number of fused-ring (bicyclic) bond motifs is 1. The molecule has 35 heavy (non-hydrogen) atoms. The molecule has 1 aliphatic rings. The fourth-order valence-corrected chi connectivity index (χ4v) is 5.21. The Labute approximate surface area is 207 Å². The van der Waals surface area contributed by atoms with E-state index in [9.17, 15) is 5.11 Å². The molecule has 0 spiro atoms. The highest BCUT2D eigenvalue weighted by molar-refractivity contribution is 5.93. The quantitative estimate of drug-likeness (QED) is 0.425. The summed E-state index contributed by atoms with van der Waals surface area (Å²) in [5.74, 6) is 1.01. The minimum absolute atomic E-state index is 0.655. The van der Waals surface area contributed by atoms with Gasteiger partial charge in [0.1, 0.15) is 5.82 Å². The Balaban J connectivity index is 1.34. The van der Waals surface area contributed by atoms with E-state index in [1.165, 1.54) is 16.5 Å². The Morgan fingerprint density at radius 2 is 1.57 bits per heavy atom. The van der Waals surface area contributed by atoms with Crippen LogP contribution < -0.4 is 4.90 Å². The van der Waals surface area contributed by atoms with Crippen LogP contribution in [0.1, 0.15) is 30.8 Å². The summed E-state index contributed by atoms with van der Waals surface area (Å²) in [7, 11) is 0. The molecule has 1 aliphatic heterocycles. The minimum atomic E-state index is -0.655. The second-order valence-corrected chi connectivity index (χ2v) is 10.5. The number of aromatic nitrogens is 3. The molecule has 0 amide bonds. The Bertz CT molecular complexity index is 1320. The molecule has 182 valence electrons. The summed E-state index contributed by atoms with van der Waals surface area (Å²) in [4.78, 5) is 17.6. The van der Waals surface area contributed by atoms with E-state index in [1.807, 2.05) is 33.9 Å². The van der Waals surface area contributed by atoms with Gasteiger partial charge in [0.15, 0.2) is 0 Å². The number of benzene rings is 1. The van der Waals surface area contributed by atoms with Crippen molar-refractivity contribution >= 4 is 16.7 Å². The van der Waals surface area contributed by atoms with Gasteiger partial charge in [-0.25, -0.2) is 4.98 Å². The van der Waals surface area contributed by atoms with Crippen molar-refractivity contribution in [2.24, 2.45) is 0 Å². The van der Waals surface area contributed by atoms with E-state index >= 15 is 0 Å². The third kappa shape index (κ3) is 5.09. The molecule has 1 fully saturated rings. The van der Waals surface area contributed by atoms with Gasteiger partial charge in [-0.3, -0.25) is 9.88 Å². The van der Waals surface area contributed by atoms with E-state index < -0.39 is 5.60 Å². The molecule has 0 atom stereocenters. The van der Waals surface area contributed by atoms with Crippen LogP contribution in [0.15, 0.2) is 48.7 Å². The van der Waals surface area contributed by atoms with Crippen LogP contribution in [0.5, 0.6) is 0 Å². The summed E-state index contributed by atoms with van der Waals surface area (Å²) >= 11 is 0. The van der Waals surface area contributed by atoms with E-state index in [1.54, 1.807) is 0 Å². The Hall–Kier alpha value is -3.22. The lowest BCUT2D eigenvalue weighted by Crippen LogP contribution is -2.50. The maximum absolute atomic E-state index is 10.1. The van der Waals surface area contributed by atoms with Crippen molar-refractivity contribution in [2.75, 3.05) is 37.6 Å². The number of hydrogen-bond donors (Lipinski definition) is 2. The standard InChI is InChI=1S/C29H35N5O/c1-19-14-24(15-20(2)31-19)28-21(3)25-8-6-22(16-26(25)32-28)23-7-9-27(30-17-23)34-12-10-33(11-13-34)18-29(4,5)35/h6-9,14-17,32,35H,10-13,18H2,1-5H3. The van der Waals surface area contributed by atoms with Gasteiger partial charge >= 0.3 is 0 Å². The Morgan fingerprint density at radius 3 is 2.20 bits per heavy atom. The number of aliphatic hydroxyl groups is 1. The van der Waals surface area contributed by atoms with Gasteiger partial charge in [0.05, 0.1) is 5.60 Å². The molecular weight excluding hydrogens is 434 g/mol. The first-order valence-electron chi connectivity index (χ1n) is 12.4. The largest absolute Gasteiger partial charge is 0.389 e. The molecule has 0 saturated carbocycles. The molecule has 0 aliphatic carbocycles. The average Bonchev–Trinajstić information content (AvgIpc) is 3.14. The summed E-state index contributed by atoms with van der Waals surface area (Å²) < 4.78 is 0. The van der Waals surface area contributed by atoms with Crippen molar-refractivity contribution in [1.29, 1.82) is 0 Å². The average molecular weight is 470 g/mol. The topological polar surface area (TPSA) is 68.3 Å². The normalized spacial score (nSPS) is 15.2. The molecule has 0 bridgehead atoms. The number of aromatic amines is 1. The number of aryl methyl sites for hydroxylation is 3. The summed E-state index contributed by atoms with van der Waals surface area (Å²) in [6.45, 7) is 14.4. The zero-order chi connectivity index (χ0) is 24.7. The fraction of sp³-hybridized carbons (Fsp3) is 0.379. The number of H-pyrrole nitrogens is 1.